The van der Waals surface area contributed by atoms with Crippen molar-refractivity contribution in [2.45, 2.75) is 6.42 Å². The number of methoxy groups -OCH3 is 1. The largest absolute Gasteiger partial charge is 0.490 e. The summed E-state index contributed by atoms with van der Waals surface area (Å²) in [7, 11) is 1.66. The molecule has 0 heterocycles. The molecule has 26 heavy (non-hydrogen) atoms. The fourth-order valence-electron chi connectivity index (χ4n) is 2.22. The van der Waals surface area contributed by atoms with Crippen LogP contribution >= 0.6 is 0 Å². The third kappa shape index (κ3) is 8.00. The van der Waals surface area contributed by atoms with Crippen LogP contribution in [0.4, 0.5) is 5.69 Å². The Bertz CT molecular complexity index is 632. The number of anilines is 1. The molecule has 2 aromatic carbocycles. The minimum absolute atomic E-state index is 0.0765. The van der Waals surface area contributed by atoms with Crippen LogP contribution in [-0.2, 0) is 9.53 Å². The maximum absolute atomic E-state index is 11.8. The van der Waals surface area contributed by atoms with E-state index in [0.29, 0.717) is 19.8 Å². The number of benzene rings is 2. The summed E-state index contributed by atoms with van der Waals surface area (Å²) in [6.07, 6.45) is 0.879. The maximum atomic E-state index is 11.8. The summed E-state index contributed by atoms with van der Waals surface area (Å²) < 4.78 is 16.2. The zero-order valence-corrected chi connectivity index (χ0v) is 15.1. The lowest BCUT2D eigenvalue weighted by molar-refractivity contribution is -0.115. The molecule has 0 aromatic heterocycles. The van der Waals surface area contributed by atoms with Crippen molar-refractivity contribution in [2.24, 2.45) is 0 Å². The number of carbonyl (C=O) groups excluding carboxylic acids is 1. The van der Waals surface area contributed by atoms with Crippen LogP contribution in [-0.4, -0.2) is 45.9 Å². The van der Waals surface area contributed by atoms with Gasteiger partial charge in [0.2, 0.25) is 5.91 Å². The van der Waals surface area contributed by atoms with Crippen molar-refractivity contribution in [2.75, 3.05) is 45.3 Å². The van der Waals surface area contributed by atoms with Gasteiger partial charge in [-0.25, -0.2) is 0 Å². The van der Waals surface area contributed by atoms with E-state index in [1.54, 1.807) is 7.11 Å². The second-order valence-corrected chi connectivity index (χ2v) is 5.61. The molecule has 2 aromatic rings. The lowest BCUT2D eigenvalue weighted by atomic mass is 10.3. The van der Waals surface area contributed by atoms with Crippen LogP contribution in [0.2, 0.25) is 0 Å². The monoisotopic (exact) mass is 358 g/mol. The average Bonchev–Trinajstić information content (AvgIpc) is 2.67. The Balaban J connectivity index is 1.62. The first-order chi connectivity index (χ1) is 12.8. The molecule has 0 bridgehead atoms. The number of amides is 1. The summed E-state index contributed by atoms with van der Waals surface area (Å²) in [5.74, 6) is 1.48. The molecule has 1 amide bonds. The lowest BCUT2D eigenvalue weighted by Crippen LogP contribution is -2.29. The van der Waals surface area contributed by atoms with E-state index in [2.05, 4.69) is 10.6 Å². The van der Waals surface area contributed by atoms with E-state index >= 15 is 0 Å². The quantitative estimate of drug-likeness (QED) is 0.571. The fraction of sp³-hybridized carbons (Fsp3) is 0.350. The van der Waals surface area contributed by atoms with Crippen LogP contribution in [0.25, 0.3) is 0 Å². The summed E-state index contributed by atoms with van der Waals surface area (Å²) in [5.41, 5.74) is 0.738. The molecule has 2 rings (SSSR count). The van der Waals surface area contributed by atoms with Crippen LogP contribution in [0.15, 0.2) is 54.6 Å². The van der Waals surface area contributed by atoms with Gasteiger partial charge in [-0.2, -0.15) is 0 Å². The van der Waals surface area contributed by atoms with Gasteiger partial charge in [-0.3, -0.25) is 4.79 Å². The summed E-state index contributed by atoms with van der Waals surface area (Å²) in [5, 5.41) is 5.90. The normalized spacial score (nSPS) is 10.3. The van der Waals surface area contributed by atoms with Gasteiger partial charge in [-0.15, -0.1) is 0 Å². The van der Waals surface area contributed by atoms with E-state index in [9.17, 15) is 4.79 Å². The number of rotatable bonds is 12. The van der Waals surface area contributed by atoms with Gasteiger partial charge >= 0.3 is 0 Å². The highest BCUT2D eigenvalue weighted by molar-refractivity contribution is 5.92. The predicted octanol–water partition coefficient (Wildman–Crippen LogP) is 2.71. The number of hydrogen-bond acceptors (Lipinski definition) is 5. The smallest absolute Gasteiger partial charge is 0.238 e. The minimum Gasteiger partial charge on any atom is -0.490 e. The molecule has 6 nitrogen and oxygen atoms in total. The Morgan fingerprint density at radius 3 is 2.19 bits per heavy atom. The summed E-state index contributed by atoms with van der Waals surface area (Å²) >= 11 is 0. The lowest BCUT2D eigenvalue weighted by Gasteiger charge is -2.10. The molecule has 0 atom stereocenters. The van der Waals surface area contributed by atoms with Crippen molar-refractivity contribution in [1.29, 1.82) is 0 Å². The average molecular weight is 358 g/mol. The van der Waals surface area contributed by atoms with Crippen LogP contribution < -0.4 is 20.1 Å². The van der Waals surface area contributed by atoms with E-state index in [1.165, 1.54) is 0 Å². The highest BCUT2D eigenvalue weighted by atomic mass is 16.5. The Labute approximate surface area is 154 Å². The van der Waals surface area contributed by atoms with Gasteiger partial charge < -0.3 is 24.8 Å². The van der Waals surface area contributed by atoms with Gasteiger partial charge in [-0.1, -0.05) is 18.2 Å². The Morgan fingerprint density at radius 1 is 0.885 bits per heavy atom. The van der Waals surface area contributed by atoms with Crippen molar-refractivity contribution in [1.82, 2.24) is 5.32 Å². The SMILES string of the molecule is COCCCNCC(=O)Nc1ccc(OCCOc2ccccc2)cc1. The number of ether oxygens (including phenoxy) is 3. The van der Waals surface area contributed by atoms with Crippen molar-refractivity contribution in [3.63, 3.8) is 0 Å². The second-order valence-electron chi connectivity index (χ2n) is 5.61. The fourth-order valence-corrected chi connectivity index (χ4v) is 2.22. The molecule has 0 fully saturated rings. The van der Waals surface area contributed by atoms with E-state index in [0.717, 1.165) is 30.2 Å². The van der Waals surface area contributed by atoms with Crippen LogP contribution in [0.5, 0.6) is 11.5 Å². The molecular formula is C20H26N2O4. The molecule has 0 radical (unpaired) electrons. The second kappa shape index (κ2) is 11.9. The van der Waals surface area contributed by atoms with E-state index < -0.39 is 0 Å². The topological polar surface area (TPSA) is 68.8 Å². The van der Waals surface area contributed by atoms with Crippen molar-refractivity contribution < 1.29 is 19.0 Å². The number of carbonyl (C=O) groups is 1. The molecular weight excluding hydrogens is 332 g/mol. The van der Waals surface area contributed by atoms with Crippen molar-refractivity contribution in [3.05, 3.63) is 54.6 Å². The first kappa shape index (κ1) is 19.8. The number of hydrogen-bond donors (Lipinski definition) is 2. The van der Waals surface area contributed by atoms with Crippen LogP contribution in [0.3, 0.4) is 0 Å². The molecule has 0 aliphatic heterocycles. The molecule has 0 aliphatic rings. The maximum Gasteiger partial charge on any atom is 0.238 e. The van der Waals surface area contributed by atoms with Gasteiger partial charge in [0.05, 0.1) is 6.54 Å². The molecule has 140 valence electrons. The van der Waals surface area contributed by atoms with E-state index in [-0.39, 0.29) is 12.5 Å². The summed E-state index contributed by atoms with van der Waals surface area (Å²) in [6.45, 7) is 2.63. The molecule has 6 heteroatoms. The van der Waals surface area contributed by atoms with Gasteiger partial charge in [0.1, 0.15) is 24.7 Å². The standard InChI is InChI=1S/C20H26N2O4/c1-24-13-5-12-21-16-20(23)22-17-8-10-19(11-9-17)26-15-14-25-18-6-3-2-4-7-18/h2-4,6-11,21H,5,12-16H2,1H3,(H,22,23). The summed E-state index contributed by atoms with van der Waals surface area (Å²) in [4.78, 5) is 11.8. The van der Waals surface area contributed by atoms with E-state index in [1.807, 2.05) is 54.6 Å². The molecule has 0 saturated heterocycles. The van der Waals surface area contributed by atoms with Crippen molar-refractivity contribution in [3.8, 4) is 11.5 Å². The van der Waals surface area contributed by atoms with Crippen LogP contribution in [0, 0.1) is 0 Å². The van der Waals surface area contributed by atoms with Gasteiger partial charge in [0.15, 0.2) is 0 Å². The van der Waals surface area contributed by atoms with Gasteiger partial charge in [0, 0.05) is 19.4 Å². The summed E-state index contributed by atoms with van der Waals surface area (Å²) in [6, 6.07) is 16.9. The molecule has 2 N–H and O–H groups in total. The number of nitrogens with one attached hydrogen (secondary N) is 2. The highest BCUT2D eigenvalue weighted by Gasteiger charge is 2.02. The van der Waals surface area contributed by atoms with Gasteiger partial charge in [0.25, 0.3) is 0 Å². The van der Waals surface area contributed by atoms with Gasteiger partial charge in [-0.05, 0) is 49.4 Å². The van der Waals surface area contributed by atoms with Crippen molar-refractivity contribution >= 4 is 11.6 Å². The Hall–Kier alpha value is -2.57. The molecule has 0 spiro atoms. The first-order valence-electron chi connectivity index (χ1n) is 8.68. The number of para-hydroxylation sites is 1. The Morgan fingerprint density at radius 2 is 1.54 bits per heavy atom. The first-order valence-corrected chi connectivity index (χ1v) is 8.68. The molecule has 0 saturated carbocycles. The zero-order valence-electron chi connectivity index (χ0n) is 15.1. The predicted molar refractivity (Wildman–Crippen MR) is 102 cm³/mol. The van der Waals surface area contributed by atoms with E-state index in [4.69, 9.17) is 14.2 Å². The third-order valence-electron chi connectivity index (χ3n) is 3.49. The highest BCUT2D eigenvalue weighted by Crippen LogP contribution is 2.15. The minimum atomic E-state index is -0.0765. The van der Waals surface area contributed by atoms with Crippen LogP contribution in [0.1, 0.15) is 6.42 Å². The Kier molecular flexibility index (Phi) is 9.03. The molecule has 0 aliphatic carbocycles. The molecule has 0 unspecified atom stereocenters. The third-order valence-corrected chi connectivity index (χ3v) is 3.49. The zero-order chi connectivity index (χ0) is 18.5.